The molecule has 0 spiro atoms. The van der Waals surface area contributed by atoms with E-state index < -0.39 is 11.9 Å². The van der Waals surface area contributed by atoms with Gasteiger partial charge in [0.15, 0.2) is 0 Å². The van der Waals surface area contributed by atoms with Crippen molar-refractivity contribution in [3.05, 3.63) is 45.8 Å². The van der Waals surface area contributed by atoms with Gasteiger partial charge in [0.25, 0.3) is 5.56 Å². The number of aromatic nitrogens is 4. The first-order valence-electron chi connectivity index (χ1n) is 8.14. The molecular weight excluding hydrogens is 335 g/mol. The van der Waals surface area contributed by atoms with Gasteiger partial charge in [-0.05, 0) is 24.8 Å². The largest absolute Gasteiger partial charge is 0.433 e. The van der Waals surface area contributed by atoms with Gasteiger partial charge in [0.2, 0.25) is 0 Å². The Labute approximate surface area is 141 Å². The Morgan fingerprint density at radius 1 is 1.16 bits per heavy atom. The molecule has 25 heavy (non-hydrogen) atoms. The van der Waals surface area contributed by atoms with Gasteiger partial charge in [0.05, 0.1) is 12.2 Å². The van der Waals surface area contributed by atoms with Gasteiger partial charge in [-0.15, -0.1) is 0 Å². The predicted molar refractivity (Wildman–Crippen MR) is 83.3 cm³/mol. The average molecular weight is 351 g/mol. The van der Waals surface area contributed by atoms with E-state index in [4.69, 9.17) is 0 Å². The number of fused-ring (bicyclic) bond motifs is 1. The molecular formula is C16H16F3N5O. The summed E-state index contributed by atoms with van der Waals surface area (Å²) in [6.07, 6.45) is -0.724. The van der Waals surface area contributed by atoms with E-state index in [1.807, 2.05) is 0 Å². The van der Waals surface area contributed by atoms with Crippen LogP contribution in [0.5, 0.6) is 0 Å². The number of alkyl halides is 3. The predicted octanol–water partition coefficient (Wildman–Crippen LogP) is 1.68. The maximum atomic E-state index is 12.7. The first kappa shape index (κ1) is 16.0. The van der Waals surface area contributed by atoms with Crippen molar-refractivity contribution in [2.45, 2.75) is 32.0 Å². The summed E-state index contributed by atoms with van der Waals surface area (Å²) in [4.78, 5) is 21.0. The minimum atomic E-state index is -4.48. The van der Waals surface area contributed by atoms with E-state index in [9.17, 15) is 18.0 Å². The third-order valence-corrected chi connectivity index (χ3v) is 4.68. The van der Waals surface area contributed by atoms with Crippen LogP contribution in [-0.4, -0.2) is 32.8 Å². The van der Waals surface area contributed by atoms with Crippen LogP contribution < -0.4 is 10.5 Å². The lowest BCUT2D eigenvalue weighted by Crippen LogP contribution is -2.50. The molecule has 0 radical (unpaired) electrons. The van der Waals surface area contributed by atoms with Crippen molar-refractivity contribution in [2.75, 3.05) is 18.0 Å². The number of rotatable bonds is 3. The maximum Gasteiger partial charge on any atom is 0.433 e. The van der Waals surface area contributed by atoms with Crippen LogP contribution in [0.2, 0.25) is 0 Å². The summed E-state index contributed by atoms with van der Waals surface area (Å²) in [6, 6.07) is 2.61. The smallest absolute Gasteiger partial charge is 0.356 e. The molecule has 0 unspecified atom stereocenters. The average Bonchev–Trinajstić information content (AvgIpc) is 2.96. The quantitative estimate of drug-likeness (QED) is 0.842. The molecule has 4 rings (SSSR count). The first-order chi connectivity index (χ1) is 11.9. The summed E-state index contributed by atoms with van der Waals surface area (Å²) in [5.74, 6) is 0.418. The Hall–Kier alpha value is -2.45. The molecule has 6 nitrogen and oxygen atoms in total. The fourth-order valence-electron chi connectivity index (χ4n) is 3.36. The molecule has 0 bridgehead atoms. The fraction of sp³-hybridized carbons (Fsp3) is 0.500. The van der Waals surface area contributed by atoms with Crippen molar-refractivity contribution >= 4 is 5.82 Å². The van der Waals surface area contributed by atoms with Gasteiger partial charge in [-0.2, -0.15) is 18.3 Å². The van der Waals surface area contributed by atoms with Crippen LogP contribution >= 0.6 is 0 Å². The molecule has 132 valence electrons. The summed E-state index contributed by atoms with van der Waals surface area (Å²) >= 11 is 0. The van der Waals surface area contributed by atoms with Gasteiger partial charge in [0, 0.05) is 31.1 Å². The molecule has 1 fully saturated rings. The highest BCUT2D eigenvalue weighted by atomic mass is 19.4. The number of halogens is 3. The molecule has 2 aliphatic rings. The van der Waals surface area contributed by atoms with Crippen molar-refractivity contribution in [3.63, 3.8) is 0 Å². The van der Waals surface area contributed by atoms with Crippen LogP contribution in [0.1, 0.15) is 23.4 Å². The van der Waals surface area contributed by atoms with Gasteiger partial charge in [-0.3, -0.25) is 4.79 Å². The Bertz CT molecular complexity index is 858. The standard InChI is InChI=1S/C16H16F3N5O/c17-16(18,19)13-5-14(21-9-20-13)23-6-10(7-23)8-24-15(25)4-11-2-1-3-12(11)22-24/h4-5,9-10H,1-3,6-8H2. The second-order valence-corrected chi connectivity index (χ2v) is 6.52. The minimum absolute atomic E-state index is 0.111. The SMILES string of the molecule is O=c1cc2c(nn1CC1CN(c3cc(C(F)(F)F)ncn3)C1)CCC2. The normalized spacial score (nSPS) is 17.5. The zero-order valence-corrected chi connectivity index (χ0v) is 13.3. The molecule has 0 N–H and O–H groups in total. The molecule has 9 heteroatoms. The molecule has 2 aromatic heterocycles. The second-order valence-electron chi connectivity index (χ2n) is 6.52. The van der Waals surface area contributed by atoms with Crippen LogP contribution in [0.25, 0.3) is 0 Å². The van der Waals surface area contributed by atoms with E-state index in [0.29, 0.717) is 19.6 Å². The highest BCUT2D eigenvalue weighted by Gasteiger charge is 2.35. The number of nitrogens with zero attached hydrogens (tertiary/aromatic N) is 5. The lowest BCUT2D eigenvalue weighted by atomic mass is 10.0. The summed E-state index contributed by atoms with van der Waals surface area (Å²) in [6.45, 7) is 1.55. The zero-order valence-electron chi connectivity index (χ0n) is 13.3. The maximum absolute atomic E-state index is 12.7. The minimum Gasteiger partial charge on any atom is -0.356 e. The Kier molecular flexibility index (Phi) is 3.73. The number of anilines is 1. The highest BCUT2D eigenvalue weighted by Crippen LogP contribution is 2.31. The van der Waals surface area contributed by atoms with E-state index >= 15 is 0 Å². The lowest BCUT2D eigenvalue weighted by Gasteiger charge is -2.40. The first-order valence-corrected chi connectivity index (χ1v) is 8.14. The summed E-state index contributed by atoms with van der Waals surface area (Å²) in [7, 11) is 0. The summed E-state index contributed by atoms with van der Waals surface area (Å²) < 4.78 is 39.6. The molecule has 0 atom stereocenters. The van der Waals surface area contributed by atoms with E-state index in [2.05, 4.69) is 15.1 Å². The van der Waals surface area contributed by atoms with Crippen LogP contribution in [0.15, 0.2) is 23.3 Å². The van der Waals surface area contributed by atoms with Crippen molar-refractivity contribution in [2.24, 2.45) is 5.92 Å². The third-order valence-electron chi connectivity index (χ3n) is 4.68. The van der Waals surface area contributed by atoms with Crippen molar-refractivity contribution in [1.82, 2.24) is 19.7 Å². The van der Waals surface area contributed by atoms with Crippen molar-refractivity contribution in [1.29, 1.82) is 0 Å². The lowest BCUT2D eigenvalue weighted by molar-refractivity contribution is -0.141. The van der Waals surface area contributed by atoms with E-state index in [1.54, 1.807) is 11.0 Å². The Morgan fingerprint density at radius 2 is 1.96 bits per heavy atom. The van der Waals surface area contributed by atoms with Crippen molar-refractivity contribution < 1.29 is 13.2 Å². The van der Waals surface area contributed by atoms with Crippen LogP contribution in [0.3, 0.4) is 0 Å². The molecule has 1 aliphatic carbocycles. The Balaban J connectivity index is 1.42. The number of hydrogen-bond donors (Lipinski definition) is 0. The molecule has 1 aliphatic heterocycles. The second kappa shape index (κ2) is 5.82. The van der Waals surface area contributed by atoms with E-state index in [1.165, 1.54) is 4.68 Å². The molecule has 1 saturated heterocycles. The summed E-state index contributed by atoms with van der Waals surface area (Å²) in [5.41, 5.74) is 0.969. The number of hydrogen-bond acceptors (Lipinski definition) is 5. The summed E-state index contributed by atoms with van der Waals surface area (Å²) in [5, 5.41) is 4.43. The molecule has 2 aromatic rings. The zero-order chi connectivity index (χ0) is 17.6. The van der Waals surface area contributed by atoms with Gasteiger partial charge < -0.3 is 4.90 Å². The van der Waals surface area contributed by atoms with Gasteiger partial charge in [0.1, 0.15) is 17.8 Å². The fourth-order valence-corrected chi connectivity index (χ4v) is 3.36. The van der Waals surface area contributed by atoms with Crippen LogP contribution in [0.4, 0.5) is 19.0 Å². The topological polar surface area (TPSA) is 63.9 Å². The molecule has 0 aromatic carbocycles. The van der Waals surface area contributed by atoms with Crippen LogP contribution in [-0.2, 0) is 25.6 Å². The third kappa shape index (κ3) is 3.10. The van der Waals surface area contributed by atoms with Crippen molar-refractivity contribution in [3.8, 4) is 0 Å². The van der Waals surface area contributed by atoms with Crippen LogP contribution in [0, 0.1) is 5.92 Å². The van der Waals surface area contributed by atoms with Gasteiger partial charge in [-0.25, -0.2) is 14.6 Å². The molecule has 0 amide bonds. The van der Waals surface area contributed by atoms with Gasteiger partial charge >= 0.3 is 6.18 Å². The Morgan fingerprint density at radius 3 is 2.72 bits per heavy atom. The van der Waals surface area contributed by atoms with Gasteiger partial charge in [-0.1, -0.05) is 0 Å². The molecule has 3 heterocycles. The molecule has 0 saturated carbocycles. The van der Waals surface area contributed by atoms with E-state index in [-0.39, 0.29) is 17.3 Å². The monoisotopic (exact) mass is 351 g/mol. The number of aryl methyl sites for hydroxylation is 2. The van der Waals surface area contributed by atoms with E-state index in [0.717, 1.165) is 42.9 Å². The highest BCUT2D eigenvalue weighted by molar-refractivity contribution is 5.42.